The van der Waals surface area contributed by atoms with Crippen LogP contribution in [0.4, 0.5) is 10.2 Å². The van der Waals surface area contributed by atoms with Gasteiger partial charge in [-0.3, -0.25) is 4.79 Å². The Morgan fingerprint density at radius 1 is 1.60 bits per heavy atom. The summed E-state index contributed by atoms with van der Waals surface area (Å²) < 4.78 is 13.7. The quantitative estimate of drug-likeness (QED) is 0.821. The summed E-state index contributed by atoms with van der Waals surface area (Å²) in [5.41, 5.74) is 0.0333. The van der Waals surface area contributed by atoms with E-state index in [1.165, 1.54) is 17.2 Å². The highest BCUT2D eigenvalue weighted by atomic mass is 19.1. The topological polar surface area (TPSA) is 45.2 Å². The first-order chi connectivity index (χ1) is 7.07. The van der Waals surface area contributed by atoms with Gasteiger partial charge in [-0.1, -0.05) is 0 Å². The molecule has 0 bridgehead atoms. The van der Waals surface area contributed by atoms with Crippen molar-refractivity contribution in [1.29, 1.82) is 0 Å². The number of amides is 1. The highest BCUT2D eigenvalue weighted by Gasteiger charge is 2.16. The van der Waals surface area contributed by atoms with Crippen LogP contribution in [-0.4, -0.2) is 36.4 Å². The second-order valence-corrected chi connectivity index (χ2v) is 3.25. The summed E-state index contributed by atoms with van der Waals surface area (Å²) in [7, 11) is 3.16. The van der Waals surface area contributed by atoms with E-state index in [-0.39, 0.29) is 17.3 Å². The lowest BCUT2D eigenvalue weighted by Gasteiger charge is -2.12. The maximum Gasteiger partial charge on any atom is 0.256 e. The third kappa shape index (κ3) is 2.43. The van der Waals surface area contributed by atoms with Crippen molar-refractivity contribution < 1.29 is 9.18 Å². The molecule has 1 aromatic rings. The van der Waals surface area contributed by atoms with E-state index in [0.717, 1.165) is 0 Å². The molecule has 1 N–H and O–H groups in total. The van der Waals surface area contributed by atoms with Crippen molar-refractivity contribution in [2.45, 2.75) is 6.92 Å². The Balaban J connectivity index is 3.09. The fraction of sp³-hybridized carbons (Fsp3) is 0.400. The number of nitrogens with one attached hydrogen (secondary N) is 1. The molecule has 0 aliphatic carbocycles. The molecular formula is C10H14FN3O. The molecule has 0 fully saturated rings. The predicted octanol–water partition coefficient (Wildman–Crippen LogP) is 1.35. The third-order valence-electron chi connectivity index (χ3n) is 1.87. The number of hydrogen-bond donors (Lipinski definition) is 1. The van der Waals surface area contributed by atoms with Crippen molar-refractivity contribution in [1.82, 2.24) is 9.88 Å². The van der Waals surface area contributed by atoms with Gasteiger partial charge in [0.2, 0.25) is 0 Å². The maximum absolute atomic E-state index is 13.7. The zero-order valence-electron chi connectivity index (χ0n) is 9.04. The molecule has 0 saturated heterocycles. The van der Waals surface area contributed by atoms with Gasteiger partial charge in [0, 0.05) is 26.8 Å². The number of halogens is 1. The molecule has 82 valence electrons. The second kappa shape index (κ2) is 4.72. The van der Waals surface area contributed by atoms with Crippen LogP contribution in [0.15, 0.2) is 12.3 Å². The van der Waals surface area contributed by atoms with Gasteiger partial charge in [-0.25, -0.2) is 9.37 Å². The zero-order chi connectivity index (χ0) is 11.4. The zero-order valence-corrected chi connectivity index (χ0v) is 9.04. The van der Waals surface area contributed by atoms with Crippen LogP contribution in [0.1, 0.15) is 17.3 Å². The lowest BCUT2D eigenvalue weighted by atomic mass is 10.2. The van der Waals surface area contributed by atoms with Crippen LogP contribution in [0.5, 0.6) is 0 Å². The average molecular weight is 211 g/mol. The largest absolute Gasteiger partial charge is 0.368 e. The van der Waals surface area contributed by atoms with Crippen molar-refractivity contribution in [2.75, 3.05) is 26.0 Å². The lowest BCUT2D eigenvalue weighted by Crippen LogP contribution is -2.23. The number of carbonyl (C=O) groups excluding carboxylic acids is 1. The van der Waals surface area contributed by atoms with Gasteiger partial charge in [0.1, 0.15) is 0 Å². The molecule has 5 heteroatoms. The standard InChI is InChI=1S/C10H14FN3O/c1-4-12-9-8(11)7(5-6-13-9)10(15)14(2)3/h5-6H,4H2,1-3H3,(H,12,13). The first-order valence-corrected chi connectivity index (χ1v) is 4.68. The summed E-state index contributed by atoms with van der Waals surface area (Å²) in [6, 6.07) is 1.37. The van der Waals surface area contributed by atoms with Crippen LogP contribution in [0, 0.1) is 5.82 Å². The highest BCUT2D eigenvalue weighted by molar-refractivity contribution is 5.94. The first kappa shape index (κ1) is 11.4. The Morgan fingerprint density at radius 3 is 2.80 bits per heavy atom. The molecule has 0 aliphatic heterocycles. The molecule has 0 aliphatic rings. The molecule has 1 amide bonds. The lowest BCUT2D eigenvalue weighted by molar-refractivity contribution is 0.0823. The number of carbonyl (C=O) groups is 1. The van der Waals surface area contributed by atoms with Gasteiger partial charge in [-0.05, 0) is 13.0 Å². The average Bonchev–Trinajstić information content (AvgIpc) is 2.20. The van der Waals surface area contributed by atoms with Gasteiger partial charge in [0.05, 0.1) is 5.56 Å². The maximum atomic E-state index is 13.7. The van der Waals surface area contributed by atoms with Crippen LogP contribution < -0.4 is 5.32 Å². The molecule has 15 heavy (non-hydrogen) atoms. The predicted molar refractivity (Wildman–Crippen MR) is 56.4 cm³/mol. The Bertz CT molecular complexity index is 366. The van der Waals surface area contributed by atoms with Crippen LogP contribution in [-0.2, 0) is 0 Å². The fourth-order valence-electron chi connectivity index (χ4n) is 1.14. The van der Waals surface area contributed by atoms with Gasteiger partial charge in [-0.15, -0.1) is 0 Å². The van der Waals surface area contributed by atoms with E-state index in [9.17, 15) is 9.18 Å². The number of rotatable bonds is 3. The second-order valence-electron chi connectivity index (χ2n) is 3.25. The van der Waals surface area contributed by atoms with Crippen molar-refractivity contribution in [3.05, 3.63) is 23.6 Å². The highest BCUT2D eigenvalue weighted by Crippen LogP contribution is 2.15. The molecular weight excluding hydrogens is 197 g/mol. The van der Waals surface area contributed by atoms with E-state index in [0.29, 0.717) is 6.54 Å². The van der Waals surface area contributed by atoms with E-state index in [1.54, 1.807) is 14.1 Å². The Kier molecular flexibility index (Phi) is 3.60. The van der Waals surface area contributed by atoms with Gasteiger partial charge in [0.15, 0.2) is 11.6 Å². The minimum atomic E-state index is -0.599. The van der Waals surface area contributed by atoms with Gasteiger partial charge in [0.25, 0.3) is 5.91 Å². The summed E-state index contributed by atoms with van der Waals surface area (Å²) in [5.74, 6) is -0.850. The molecule has 0 aromatic carbocycles. The Morgan fingerprint density at radius 2 is 2.27 bits per heavy atom. The summed E-state index contributed by atoms with van der Waals surface area (Å²) in [6.45, 7) is 2.39. The molecule has 0 spiro atoms. The fourth-order valence-corrected chi connectivity index (χ4v) is 1.14. The smallest absolute Gasteiger partial charge is 0.256 e. The minimum Gasteiger partial charge on any atom is -0.368 e. The third-order valence-corrected chi connectivity index (χ3v) is 1.87. The summed E-state index contributed by atoms with van der Waals surface area (Å²) >= 11 is 0. The van der Waals surface area contributed by atoms with Crippen molar-refractivity contribution in [2.24, 2.45) is 0 Å². The monoisotopic (exact) mass is 211 g/mol. The molecule has 1 rings (SSSR count). The molecule has 1 heterocycles. The van der Waals surface area contributed by atoms with E-state index in [1.807, 2.05) is 6.92 Å². The van der Waals surface area contributed by atoms with Gasteiger partial charge < -0.3 is 10.2 Å². The van der Waals surface area contributed by atoms with Gasteiger partial charge >= 0.3 is 0 Å². The molecule has 0 saturated carbocycles. The van der Waals surface area contributed by atoms with E-state index in [4.69, 9.17) is 0 Å². The number of pyridine rings is 1. The molecule has 1 aromatic heterocycles. The Labute approximate surface area is 88.1 Å². The van der Waals surface area contributed by atoms with Crippen molar-refractivity contribution >= 4 is 11.7 Å². The van der Waals surface area contributed by atoms with E-state index in [2.05, 4.69) is 10.3 Å². The SMILES string of the molecule is CCNc1nccc(C(=O)N(C)C)c1F. The van der Waals surface area contributed by atoms with Crippen LogP contribution in [0.2, 0.25) is 0 Å². The van der Waals surface area contributed by atoms with Crippen LogP contribution >= 0.6 is 0 Å². The van der Waals surface area contributed by atoms with E-state index >= 15 is 0 Å². The summed E-state index contributed by atoms with van der Waals surface area (Å²) in [5, 5.41) is 2.75. The Hall–Kier alpha value is -1.65. The number of nitrogens with zero attached hydrogens (tertiary/aromatic N) is 2. The van der Waals surface area contributed by atoms with Crippen LogP contribution in [0.3, 0.4) is 0 Å². The molecule has 0 unspecified atom stereocenters. The summed E-state index contributed by atoms with van der Waals surface area (Å²) in [4.78, 5) is 16.7. The first-order valence-electron chi connectivity index (χ1n) is 4.68. The number of anilines is 1. The normalized spacial score (nSPS) is 9.87. The van der Waals surface area contributed by atoms with Crippen molar-refractivity contribution in [3.8, 4) is 0 Å². The van der Waals surface area contributed by atoms with E-state index < -0.39 is 5.82 Å². The molecule has 4 nitrogen and oxygen atoms in total. The van der Waals surface area contributed by atoms with Crippen LogP contribution in [0.25, 0.3) is 0 Å². The molecule has 0 radical (unpaired) electrons. The molecule has 0 atom stereocenters. The minimum absolute atomic E-state index is 0.0333. The number of aromatic nitrogens is 1. The van der Waals surface area contributed by atoms with Gasteiger partial charge in [-0.2, -0.15) is 0 Å². The summed E-state index contributed by atoms with van der Waals surface area (Å²) in [6.07, 6.45) is 1.41. The number of hydrogen-bond acceptors (Lipinski definition) is 3. The van der Waals surface area contributed by atoms with Crippen molar-refractivity contribution in [3.63, 3.8) is 0 Å².